The molecule has 1 heterocycles. The topological polar surface area (TPSA) is 37.8 Å². The molecule has 0 aliphatic heterocycles. The Morgan fingerprint density at radius 2 is 2.11 bits per heavy atom. The van der Waals surface area contributed by atoms with E-state index >= 15 is 0 Å². The maximum atomic E-state index is 4.55. The Kier molecular flexibility index (Phi) is 3.40. The fraction of sp³-hybridized carbons (Fsp3) is 0.600. The minimum atomic E-state index is 0.0548. The van der Waals surface area contributed by atoms with E-state index in [1.54, 1.807) is 0 Å². The second-order valence-corrected chi connectivity index (χ2v) is 7.80. The molecule has 0 spiro atoms. The fourth-order valence-electron chi connectivity index (χ4n) is 3.60. The first-order chi connectivity index (χ1) is 9.03. The van der Waals surface area contributed by atoms with Gasteiger partial charge in [-0.15, -0.1) is 0 Å². The molecule has 3 rings (SSSR count). The van der Waals surface area contributed by atoms with E-state index < -0.39 is 0 Å². The van der Waals surface area contributed by atoms with Crippen LogP contribution in [-0.2, 0) is 0 Å². The summed E-state index contributed by atoms with van der Waals surface area (Å²) in [5.74, 6) is 0.795. The molecule has 102 valence electrons. The molecular formula is C15H21N3Se. The van der Waals surface area contributed by atoms with Crippen LogP contribution in [-0.4, -0.2) is 29.0 Å². The first-order valence-corrected chi connectivity index (χ1v) is 8.54. The Morgan fingerprint density at radius 3 is 2.89 bits per heavy atom. The van der Waals surface area contributed by atoms with Crippen molar-refractivity contribution in [2.75, 3.05) is 5.32 Å². The number of aromatic nitrogens is 2. The van der Waals surface area contributed by atoms with Crippen molar-refractivity contribution in [3.05, 3.63) is 18.2 Å². The van der Waals surface area contributed by atoms with Gasteiger partial charge in [0.25, 0.3) is 0 Å². The number of hydrogen-bond acceptors (Lipinski definition) is 3. The van der Waals surface area contributed by atoms with Crippen molar-refractivity contribution >= 4 is 31.7 Å². The average molecular weight is 322 g/mol. The number of nitrogens with one attached hydrogen (secondary N) is 1. The van der Waals surface area contributed by atoms with E-state index in [4.69, 9.17) is 0 Å². The summed E-state index contributed by atoms with van der Waals surface area (Å²) in [5, 5.41) is 3.72. The van der Waals surface area contributed by atoms with Gasteiger partial charge in [0.15, 0.2) is 0 Å². The monoisotopic (exact) mass is 323 g/mol. The second kappa shape index (κ2) is 4.91. The van der Waals surface area contributed by atoms with Gasteiger partial charge in [-0.2, -0.15) is 0 Å². The minimum absolute atomic E-state index is 0.0548. The molecule has 0 radical (unpaired) electrons. The third-order valence-electron chi connectivity index (χ3n) is 4.03. The van der Waals surface area contributed by atoms with E-state index in [1.807, 2.05) is 0 Å². The number of benzene rings is 1. The quantitative estimate of drug-likeness (QED) is 0.862. The summed E-state index contributed by atoms with van der Waals surface area (Å²) in [6.07, 6.45) is 3.83. The van der Waals surface area contributed by atoms with E-state index in [2.05, 4.69) is 52.2 Å². The Hall–Kier alpha value is -0.861. The Labute approximate surface area is 121 Å². The molecule has 1 saturated carbocycles. The van der Waals surface area contributed by atoms with E-state index in [9.17, 15) is 0 Å². The number of anilines is 1. The zero-order valence-electron chi connectivity index (χ0n) is 11.8. The first kappa shape index (κ1) is 13.1. The molecule has 1 aliphatic rings. The van der Waals surface area contributed by atoms with Gasteiger partial charge in [-0.3, -0.25) is 0 Å². The number of hydrogen-bond donors (Lipinski definition) is 1. The summed E-state index contributed by atoms with van der Waals surface area (Å²) in [6, 6.07) is 6.85. The van der Waals surface area contributed by atoms with Gasteiger partial charge in [-0.05, 0) is 0 Å². The third-order valence-corrected chi connectivity index (χ3v) is 5.17. The fourth-order valence-corrected chi connectivity index (χ4v) is 4.75. The van der Waals surface area contributed by atoms with Crippen molar-refractivity contribution < 1.29 is 0 Å². The van der Waals surface area contributed by atoms with Crippen LogP contribution in [0.5, 0.6) is 0 Å². The predicted octanol–water partition coefficient (Wildman–Crippen LogP) is 3.31. The van der Waals surface area contributed by atoms with Gasteiger partial charge >= 0.3 is 121 Å². The molecule has 0 saturated heterocycles. The number of rotatable bonds is 2. The number of fused-ring (bicyclic) bond motifs is 1. The molecule has 0 amide bonds. The summed E-state index contributed by atoms with van der Waals surface area (Å²) >= 11 is 0.0548. The van der Waals surface area contributed by atoms with Gasteiger partial charge in [0, 0.05) is 0 Å². The van der Waals surface area contributed by atoms with E-state index in [1.165, 1.54) is 24.9 Å². The Bertz CT molecular complexity index is 576. The molecule has 19 heavy (non-hydrogen) atoms. The Balaban J connectivity index is 1.83. The van der Waals surface area contributed by atoms with Crippen LogP contribution in [0.2, 0.25) is 0 Å². The summed E-state index contributed by atoms with van der Waals surface area (Å²) in [4.78, 5) is 0. The van der Waals surface area contributed by atoms with Gasteiger partial charge in [0.2, 0.25) is 0 Å². The van der Waals surface area contributed by atoms with Crippen molar-refractivity contribution in [1.29, 1.82) is 0 Å². The normalized spacial score (nSPS) is 26.5. The van der Waals surface area contributed by atoms with Gasteiger partial charge in [-0.25, -0.2) is 0 Å². The van der Waals surface area contributed by atoms with E-state index in [-0.39, 0.29) is 15.0 Å². The standard InChI is InChI=1S/C15H21N3Se/c1-10-7-11(9-15(2,3)8-10)16-12-5-4-6-13-14(12)18-19-17-13/h4-6,10-11,16H,7-9H2,1-3H3. The molecule has 0 bridgehead atoms. The molecule has 2 aromatic rings. The van der Waals surface area contributed by atoms with E-state index in [0.717, 1.165) is 17.0 Å². The summed E-state index contributed by atoms with van der Waals surface area (Å²) in [6.45, 7) is 7.14. The van der Waals surface area contributed by atoms with Gasteiger partial charge < -0.3 is 0 Å². The molecule has 1 aliphatic carbocycles. The van der Waals surface area contributed by atoms with Crippen LogP contribution >= 0.6 is 0 Å². The van der Waals surface area contributed by atoms with Crippen LogP contribution in [0.1, 0.15) is 40.0 Å². The SMILES string of the molecule is CC1CC(Nc2cccc3n[se]nc23)CC(C)(C)C1. The summed E-state index contributed by atoms with van der Waals surface area (Å²) in [5.41, 5.74) is 3.76. The van der Waals surface area contributed by atoms with E-state index in [0.29, 0.717) is 11.5 Å². The maximum absolute atomic E-state index is 4.55. The predicted molar refractivity (Wildman–Crippen MR) is 80.7 cm³/mol. The van der Waals surface area contributed by atoms with Crippen LogP contribution in [0.3, 0.4) is 0 Å². The van der Waals surface area contributed by atoms with Crippen LogP contribution in [0.25, 0.3) is 11.0 Å². The van der Waals surface area contributed by atoms with Crippen molar-refractivity contribution in [3.8, 4) is 0 Å². The van der Waals surface area contributed by atoms with Crippen LogP contribution in [0.15, 0.2) is 18.2 Å². The van der Waals surface area contributed by atoms with Crippen molar-refractivity contribution in [2.45, 2.75) is 46.1 Å². The molecular weight excluding hydrogens is 301 g/mol. The second-order valence-electron chi connectivity index (χ2n) is 6.69. The zero-order chi connectivity index (χ0) is 13.5. The van der Waals surface area contributed by atoms with Crippen LogP contribution < -0.4 is 5.32 Å². The first-order valence-electron chi connectivity index (χ1n) is 7.01. The van der Waals surface area contributed by atoms with Gasteiger partial charge in [0.05, 0.1) is 0 Å². The molecule has 1 N–H and O–H groups in total. The Morgan fingerprint density at radius 1 is 1.26 bits per heavy atom. The number of nitrogens with zero attached hydrogens (tertiary/aromatic N) is 2. The van der Waals surface area contributed by atoms with Gasteiger partial charge in [-0.1, -0.05) is 0 Å². The third kappa shape index (κ3) is 2.85. The van der Waals surface area contributed by atoms with Crippen LogP contribution in [0, 0.1) is 11.3 Å². The molecule has 4 heteroatoms. The molecule has 3 nitrogen and oxygen atoms in total. The summed E-state index contributed by atoms with van der Waals surface area (Å²) < 4.78 is 9.01. The van der Waals surface area contributed by atoms with Crippen molar-refractivity contribution in [3.63, 3.8) is 0 Å². The van der Waals surface area contributed by atoms with Crippen molar-refractivity contribution in [2.24, 2.45) is 11.3 Å². The molecule has 1 fully saturated rings. The van der Waals surface area contributed by atoms with Crippen molar-refractivity contribution in [1.82, 2.24) is 7.96 Å². The average Bonchev–Trinajstić information content (AvgIpc) is 2.75. The molecule has 1 aromatic heterocycles. The van der Waals surface area contributed by atoms with Gasteiger partial charge in [0.1, 0.15) is 0 Å². The molecule has 1 aromatic carbocycles. The molecule has 2 atom stereocenters. The molecule has 2 unspecified atom stereocenters. The zero-order valence-corrected chi connectivity index (χ0v) is 13.5. The van der Waals surface area contributed by atoms with Crippen LogP contribution in [0.4, 0.5) is 5.69 Å². The summed E-state index contributed by atoms with van der Waals surface area (Å²) in [7, 11) is 0.